The van der Waals surface area contributed by atoms with Crippen molar-refractivity contribution in [1.82, 2.24) is 5.16 Å². The summed E-state index contributed by atoms with van der Waals surface area (Å²) in [5.41, 5.74) is 2.43. The maximum atomic E-state index is 12.6. The number of aryl methyl sites for hydroxylation is 1. The van der Waals surface area contributed by atoms with E-state index in [9.17, 15) is 8.42 Å². The maximum Gasteiger partial charge on any atom is 0.265 e. The minimum Gasteiger partial charge on any atom is -0.337 e. The fraction of sp³-hybridized carbons (Fsp3) is 0.0588. The molecule has 1 N–H and O–H groups in total. The minimum absolute atomic E-state index is 0.00611. The molecule has 1 aromatic heterocycles. The molecule has 0 radical (unpaired) electrons. The smallest absolute Gasteiger partial charge is 0.265 e. The zero-order chi connectivity index (χ0) is 17.2. The number of benzene rings is 2. The summed E-state index contributed by atoms with van der Waals surface area (Å²) in [7, 11) is -3.97. The lowest BCUT2D eigenvalue weighted by molar-refractivity contribution is 0.435. The second-order valence-corrected chi connectivity index (χ2v) is 6.80. The molecule has 2 aromatic carbocycles. The number of rotatable bonds is 4. The zero-order valence-electron chi connectivity index (χ0n) is 12.7. The summed E-state index contributed by atoms with van der Waals surface area (Å²) in [5.74, 6) is 0.00611. The van der Waals surface area contributed by atoms with Crippen LogP contribution in [0, 0.1) is 18.3 Å². The van der Waals surface area contributed by atoms with E-state index in [1.807, 2.05) is 37.3 Å². The number of hydrogen-bond acceptors (Lipinski definition) is 5. The van der Waals surface area contributed by atoms with Crippen molar-refractivity contribution in [2.24, 2.45) is 0 Å². The molecule has 24 heavy (non-hydrogen) atoms. The lowest BCUT2D eigenvalue weighted by Gasteiger charge is -2.08. The third-order valence-electron chi connectivity index (χ3n) is 3.46. The average molecular weight is 339 g/mol. The molecule has 0 amide bonds. The van der Waals surface area contributed by atoms with Crippen LogP contribution in [0.3, 0.4) is 0 Å². The van der Waals surface area contributed by atoms with Crippen molar-refractivity contribution in [3.63, 3.8) is 0 Å². The summed E-state index contributed by atoms with van der Waals surface area (Å²) < 4.78 is 32.6. The summed E-state index contributed by atoms with van der Waals surface area (Å²) in [5, 5.41) is 12.8. The van der Waals surface area contributed by atoms with Gasteiger partial charge in [-0.25, -0.2) is 13.1 Å². The Bertz CT molecular complexity index is 1020. The Morgan fingerprint density at radius 1 is 1.12 bits per heavy atom. The highest BCUT2D eigenvalue weighted by Crippen LogP contribution is 2.30. The van der Waals surface area contributed by atoms with E-state index in [1.54, 1.807) is 12.1 Å². The first-order valence-corrected chi connectivity index (χ1v) is 8.53. The van der Waals surface area contributed by atoms with Gasteiger partial charge in [-0.05, 0) is 24.6 Å². The predicted molar refractivity (Wildman–Crippen MR) is 88.6 cm³/mol. The number of nitrogens with zero attached hydrogens (tertiary/aromatic N) is 2. The first-order chi connectivity index (χ1) is 11.5. The third-order valence-corrected chi connectivity index (χ3v) is 4.85. The van der Waals surface area contributed by atoms with Crippen molar-refractivity contribution in [2.45, 2.75) is 11.8 Å². The molecule has 0 bridgehead atoms. The van der Waals surface area contributed by atoms with Gasteiger partial charge in [0.15, 0.2) is 0 Å². The topological polar surface area (TPSA) is 96.0 Å². The van der Waals surface area contributed by atoms with Gasteiger partial charge >= 0.3 is 0 Å². The predicted octanol–water partition coefficient (Wildman–Crippen LogP) is 3.32. The largest absolute Gasteiger partial charge is 0.337 e. The van der Waals surface area contributed by atoms with Crippen LogP contribution in [-0.2, 0) is 10.0 Å². The Balaban J connectivity index is 1.99. The van der Waals surface area contributed by atoms with Gasteiger partial charge < -0.3 is 4.52 Å². The van der Waals surface area contributed by atoms with Crippen LogP contribution in [0.25, 0.3) is 11.1 Å². The Kier molecular flexibility index (Phi) is 4.06. The van der Waals surface area contributed by atoms with E-state index in [1.165, 1.54) is 18.3 Å². The molecule has 0 aliphatic heterocycles. The molecule has 0 aliphatic carbocycles. The number of aromatic nitrogens is 1. The van der Waals surface area contributed by atoms with Crippen molar-refractivity contribution in [3.8, 4) is 17.2 Å². The zero-order valence-corrected chi connectivity index (χ0v) is 13.5. The van der Waals surface area contributed by atoms with E-state index in [0.717, 1.165) is 11.1 Å². The van der Waals surface area contributed by atoms with Gasteiger partial charge in [-0.2, -0.15) is 5.26 Å². The van der Waals surface area contributed by atoms with E-state index in [-0.39, 0.29) is 16.3 Å². The molecule has 0 unspecified atom stereocenters. The number of nitriles is 1. The summed E-state index contributed by atoms with van der Waals surface area (Å²) in [6.07, 6.45) is 1.44. The van der Waals surface area contributed by atoms with Gasteiger partial charge in [-0.15, -0.1) is 0 Å². The van der Waals surface area contributed by atoms with Crippen LogP contribution < -0.4 is 4.72 Å². The SMILES string of the molecule is Cc1ccc(-c2cnoc2NS(=O)(=O)c2ccccc2C#N)cc1. The van der Waals surface area contributed by atoms with Crippen molar-refractivity contribution in [3.05, 3.63) is 65.9 Å². The Labute approximate surface area is 139 Å². The van der Waals surface area contributed by atoms with Gasteiger partial charge in [-0.1, -0.05) is 47.1 Å². The molecule has 0 spiro atoms. The summed E-state index contributed by atoms with van der Waals surface area (Å²) >= 11 is 0. The summed E-state index contributed by atoms with van der Waals surface area (Å²) in [4.78, 5) is -0.112. The van der Waals surface area contributed by atoms with Crippen LogP contribution in [0.15, 0.2) is 64.1 Å². The first-order valence-electron chi connectivity index (χ1n) is 7.05. The quantitative estimate of drug-likeness (QED) is 0.786. The Hall–Kier alpha value is -3.11. The van der Waals surface area contributed by atoms with Gasteiger partial charge in [0, 0.05) is 0 Å². The van der Waals surface area contributed by atoms with E-state index in [4.69, 9.17) is 9.78 Å². The van der Waals surface area contributed by atoms with Crippen LogP contribution in [0.4, 0.5) is 5.88 Å². The third kappa shape index (κ3) is 3.00. The van der Waals surface area contributed by atoms with Gasteiger partial charge in [0.25, 0.3) is 10.0 Å². The van der Waals surface area contributed by atoms with Crippen LogP contribution in [0.1, 0.15) is 11.1 Å². The maximum absolute atomic E-state index is 12.6. The monoisotopic (exact) mass is 339 g/mol. The molecule has 0 saturated heterocycles. The summed E-state index contributed by atoms with van der Waals surface area (Å²) in [6, 6.07) is 15.3. The van der Waals surface area contributed by atoms with Crippen molar-refractivity contribution < 1.29 is 12.9 Å². The minimum atomic E-state index is -3.97. The number of sulfonamides is 1. The molecule has 1 heterocycles. The molecule has 0 fully saturated rings. The Morgan fingerprint density at radius 3 is 2.54 bits per heavy atom. The van der Waals surface area contributed by atoms with Crippen molar-refractivity contribution >= 4 is 15.9 Å². The van der Waals surface area contributed by atoms with E-state index in [2.05, 4.69) is 9.88 Å². The van der Waals surface area contributed by atoms with E-state index >= 15 is 0 Å². The lowest BCUT2D eigenvalue weighted by atomic mass is 10.1. The summed E-state index contributed by atoms with van der Waals surface area (Å²) in [6.45, 7) is 1.96. The highest BCUT2D eigenvalue weighted by molar-refractivity contribution is 7.92. The molecule has 0 saturated carbocycles. The molecule has 6 nitrogen and oxygen atoms in total. The van der Waals surface area contributed by atoms with Crippen LogP contribution in [-0.4, -0.2) is 13.6 Å². The number of nitrogens with one attached hydrogen (secondary N) is 1. The molecule has 7 heteroatoms. The van der Waals surface area contributed by atoms with Gasteiger partial charge in [0.2, 0.25) is 5.88 Å². The molecule has 0 aliphatic rings. The molecule has 3 rings (SSSR count). The van der Waals surface area contributed by atoms with Crippen LogP contribution >= 0.6 is 0 Å². The molecule has 120 valence electrons. The lowest BCUT2D eigenvalue weighted by Crippen LogP contribution is -2.14. The number of anilines is 1. The normalized spacial score (nSPS) is 11.0. The Morgan fingerprint density at radius 2 is 1.83 bits per heavy atom. The van der Waals surface area contributed by atoms with Gasteiger partial charge in [0.1, 0.15) is 11.0 Å². The fourth-order valence-corrected chi connectivity index (χ4v) is 3.38. The molecule has 0 atom stereocenters. The first kappa shape index (κ1) is 15.8. The van der Waals surface area contributed by atoms with Gasteiger partial charge in [-0.3, -0.25) is 0 Å². The number of hydrogen-bond donors (Lipinski definition) is 1. The average Bonchev–Trinajstić information content (AvgIpc) is 3.03. The molecular formula is C17H13N3O3S. The second-order valence-electron chi connectivity index (χ2n) is 5.15. The fourth-order valence-electron chi connectivity index (χ4n) is 2.22. The molecular weight excluding hydrogens is 326 g/mol. The van der Waals surface area contributed by atoms with Crippen molar-refractivity contribution in [2.75, 3.05) is 4.72 Å². The van der Waals surface area contributed by atoms with Crippen LogP contribution in [0.5, 0.6) is 0 Å². The molecule has 3 aromatic rings. The van der Waals surface area contributed by atoms with Gasteiger partial charge in [0.05, 0.1) is 17.3 Å². The standard InChI is InChI=1S/C17H13N3O3S/c1-12-6-8-13(9-7-12)15-11-19-23-17(15)20-24(21,22)16-5-3-2-4-14(16)10-18/h2-9,11,20H,1H3. The highest BCUT2D eigenvalue weighted by Gasteiger charge is 2.22. The van der Waals surface area contributed by atoms with E-state index in [0.29, 0.717) is 5.56 Å². The van der Waals surface area contributed by atoms with Crippen LogP contribution in [0.2, 0.25) is 0 Å². The second kappa shape index (κ2) is 6.18. The highest BCUT2D eigenvalue weighted by atomic mass is 32.2. The van der Waals surface area contributed by atoms with Crippen molar-refractivity contribution in [1.29, 1.82) is 5.26 Å². The van der Waals surface area contributed by atoms with E-state index < -0.39 is 10.0 Å².